The Kier molecular flexibility index (Phi) is 3.17. The van der Waals surface area contributed by atoms with Crippen LogP contribution in [0.5, 0.6) is 0 Å². The summed E-state index contributed by atoms with van der Waals surface area (Å²) >= 11 is 0. The van der Waals surface area contributed by atoms with Crippen molar-refractivity contribution in [3.8, 4) is 0 Å². The lowest BCUT2D eigenvalue weighted by atomic mass is 9.89. The minimum absolute atomic E-state index is 0.103. The lowest BCUT2D eigenvalue weighted by Crippen LogP contribution is -2.47. The predicted octanol–water partition coefficient (Wildman–Crippen LogP) is 2.35. The molecule has 17 heavy (non-hydrogen) atoms. The summed E-state index contributed by atoms with van der Waals surface area (Å²) < 4.78 is 0. The van der Waals surface area contributed by atoms with Crippen molar-refractivity contribution >= 4 is 0 Å². The normalized spacial score (nSPS) is 29.9. The smallest absolute Gasteiger partial charge is 0.0695 e. The molecule has 1 saturated carbocycles. The van der Waals surface area contributed by atoms with Crippen molar-refractivity contribution in [2.45, 2.75) is 50.8 Å². The van der Waals surface area contributed by atoms with Gasteiger partial charge in [0, 0.05) is 19.1 Å². The van der Waals surface area contributed by atoms with Crippen LogP contribution in [0.1, 0.15) is 36.8 Å². The minimum Gasteiger partial charge on any atom is -0.391 e. The van der Waals surface area contributed by atoms with Crippen LogP contribution in [-0.2, 0) is 13.0 Å². The van der Waals surface area contributed by atoms with Gasteiger partial charge in [-0.3, -0.25) is 4.90 Å². The van der Waals surface area contributed by atoms with Crippen LogP contribution in [0.25, 0.3) is 0 Å². The van der Waals surface area contributed by atoms with Gasteiger partial charge in [0.1, 0.15) is 0 Å². The first-order valence-corrected chi connectivity index (χ1v) is 6.83. The van der Waals surface area contributed by atoms with Crippen LogP contribution in [0.15, 0.2) is 24.3 Å². The average molecular weight is 231 g/mol. The number of rotatable bonds is 1. The molecular formula is C15H21NO. The van der Waals surface area contributed by atoms with Gasteiger partial charge >= 0.3 is 0 Å². The van der Waals surface area contributed by atoms with Crippen molar-refractivity contribution in [3.63, 3.8) is 0 Å². The van der Waals surface area contributed by atoms with Gasteiger partial charge in [-0.2, -0.15) is 0 Å². The molecule has 0 spiro atoms. The van der Waals surface area contributed by atoms with E-state index in [9.17, 15) is 5.11 Å². The fourth-order valence-corrected chi connectivity index (χ4v) is 3.32. The van der Waals surface area contributed by atoms with Gasteiger partial charge in [0.15, 0.2) is 0 Å². The van der Waals surface area contributed by atoms with Gasteiger partial charge in [-0.25, -0.2) is 0 Å². The van der Waals surface area contributed by atoms with E-state index in [2.05, 4.69) is 29.2 Å². The molecule has 1 fully saturated rings. The van der Waals surface area contributed by atoms with Crippen molar-refractivity contribution < 1.29 is 5.11 Å². The Morgan fingerprint density at radius 2 is 1.82 bits per heavy atom. The molecule has 0 saturated heterocycles. The van der Waals surface area contributed by atoms with Crippen LogP contribution in [0.4, 0.5) is 0 Å². The van der Waals surface area contributed by atoms with Crippen LogP contribution in [-0.4, -0.2) is 28.7 Å². The summed E-state index contributed by atoms with van der Waals surface area (Å²) in [6, 6.07) is 9.13. The van der Waals surface area contributed by atoms with Crippen LogP contribution in [0.3, 0.4) is 0 Å². The standard InChI is InChI=1S/C15H21NO/c17-15-8-4-3-7-14(15)16-10-9-12-5-1-2-6-13(12)11-16/h1-2,5-6,14-15,17H,3-4,7-11H2/t14-,15-/m0/s1. The summed E-state index contributed by atoms with van der Waals surface area (Å²) in [5.41, 5.74) is 2.95. The first kappa shape index (κ1) is 11.2. The Balaban J connectivity index is 1.75. The Morgan fingerprint density at radius 3 is 2.65 bits per heavy atom. The molecule has 0 aromatic heterocycles. The lowest BCUT2D eigenvalue weighted by molar-refractivity contribution is 0.0132. The molecule has 0 amide bonds. The predicted molar refractivity (Wildman–Crippen MR) is 68.8 cm³/mol. The summed E-state index contributed by atoms with van der Waals surface area (Å²) in [6.07, 6.45) is 5.67. The largest absolute Gasteiger partial charge is 0.391 e. The van der Waals surface area contributed by atoms with E-state index in [-0.39, 0.29) is 6.10 Å². The number of aliphatic hydroxyl groups excluding tert-OH is 1. The van der Waals surface area contributed by atoms with Gasteiger partial charge < -0.3 is 5.11 Å². The molecule has 0 radical (unpaired) electrons. The van der Waals surface area contributed by atoms with E-state index in [1.165, 1.54) is 30.4 Å². The lowest BCUT2D eigenvalue weighted by Gasteiger charge is -2.40. The average Bonchev–Trinajstić information content (AvgIpc) is 2.39. The third kappa shape index (κ3) is 2.24. The number of hydrogen-bond acceptors (Lipinski definition) is 2. The van der Waals surface area contributed by atoms with Gasteiger partial charge in [-0.05, 0) is 30.4 Å². The zero-order valence-corrected chi connectivity index (χ0v) is 10.3. The Hall–Kier alpha value is -0.860. The molecule has 1 aliphatic heterocycles. The van der Waals surface area contributed by atoms with Gasteiger partial charge in [0.25, 0.3) is 0 Å². The maximum atomic E-state index is 10.1. The maximum absolute atomic E-state index is 10.1. The molecule has 1 heterocycles. The van der Waals surface area contributed by atoms with E-state index in [1.54, 1.807) is 0 Å². The molecule has 2 aliphatic rings. The highest BCUT2D eigenvalue weighted by molar-refractivity contribution is 5.29. The third-order valence-corrected chi connectivity index (χ3v) is 4.32. The van der Waals surface area contributed by atoms with Gasteiger partial charge in [0.2, 0.25) is 0 Å². The van der Waals surface area contributed by atoms with E-state index < -0.39 is 0 Å². The molecule has 92 valence electrons. The van der Waals surface area contributed by atoms with Gasteiger partial charge in [0.05, 0.1) is 6.10 Å². The highest BCUT2D eigenvalue weighted by atomic mass is 16.3. The molecule has 1 aliphatic carbocycles. The van der Waals surface area contributed by atoms with E-state index >= 15 is 0 Å². The van der Waals surface area contributed by atoms with E-state index in [0.29, 0.717) is 6.04 Å². The fourth-order valence-electron chi connectivity index (χ4n) is 3.32. The second-order valence-electron chi connectivity index (χ2n) is 5.41. The summed E-state index contributed by atoms with van der Waals surface area (Å²) in [5, 5.41) is 10.1. The van der Waals surface area contributed by atoms with Gasteiger partial charge in [-0.15, -0.1) is 0 Å². The summed E-state index contributed by atoms with van der Waals surface area (Å²) in [5.74, 6) is 0. The first-order chi connectivity index (χ1) is 8.34. The van der Waals surface area contributed by atoms with Crippen molar-refractivity contribution in [2.75, 3.05) is 6.54 Å². The second-order valence-corrected chi connectivity index (χ2v) is 5.41. The Morgan fingerprint density at radius 1 is 1.06 bits per heavy atom. The fraction of sp³-hybridized carbons (Fsp3) is 0.600. The molecule has 0 unspecified atom stereocenters. The molecule has 0 bridgehead atoms. The van der Waals surface area contributed by atoms with Crippen LogP contribution in [0.2, 0.25) is 0 Å². The second kappa shape index (κ2) is 4.79. The van der Waals surface area contributed by atoms with Crippen molar-refractivity contribution in [1.82, 2.24) is 4.90 Å². The quantitative estimate of drug-likeness (QED) is 0.802. The topological polar surface area (TPSA) is 23.5 Å². The zero-order valence-electron chi connectivity index (χ0n) is 10.3. The maximum Gasteiger partial charge on any atom is 0.0695 e. The number of aliphatic hydroxyl groups is 1. The van der Waals surface area contributed by atoms with Crippen molar-refractivity contribution in [2.24, 2.45) is 0 Å². The number of benzene rings is 1. The van der Waals surface area contributed by atoms with Crippen LogP contribution < -0.4 is 0 Å². The minimum atomic E-state index is -0.103. The molecule has 1 aromatic carbocycles. The highest BCUT2D eigenvalue weighted by Crippen LogP contribution is 2.28. The Bertz CT molecular complexity index is 390. The Labute approximate surface area is 103 Å². The van der Waals surface area contributed by atoms with E-state index in [1.807, 2.05) is 0 Å². The van der Waals surface area contributed by atoms with Crippen LogP contribution in [0, 0.1) is 0 Å². The SMILES string of the molecule is O[C@H]1CCCC[C@@H]1N1CCc2ccccc2C1. The third-order valence-electron chi connectivity index (χ3n) is 4.32. The molecule has 2 nitrogen and oxygen atoms in total. The van der Waals surface area contributed by atoms with Crippen molar-refractivity contribution in [3.05, 3.63) is 35.4 Å². The molecule has 3 rings (SSSR count). The molecule has 1 aromatic rings. The number of fused-ring (bicyclic) bond motifs is 1. The molecule has 2 atom stereocenters. The van der Waals surface area contributed by atoms with E-state index in [4.69, 9.17) is 0 Å². The van der Waals surface area contributed by atoms with Crippen LogP contribution >= 0.6 is 0 Å². The number of hydrogen-bond donors (Lipinski definition) is 1. The first-order valence-electron chi connectivity index (χ1n) is 6.83. The zero-order chi connectivity index (χ0) is 11.7. The number of nitrogens with zero attached hydrogens (tertiary/aromatic N) is 1. The van der Waals surface area contributed by atoms with E-state index in [0.717, 1.165) is 25.9 Å². The monoisotopic (exact) mass is 231 g/mol. The molecule has 2 heteroatoms. The highest BCUT2D eigenvalue weighted by Gasteiger charge is 2.30. The summed E-state index contributed by atoms with van der Waals surface area (Å²) in [6.45, 7) is 2.14. The molecular weight excluding hydrogens is 210 g/mol. The molecule has 1 N–H and O–H groups in total. The van der Waals surface area contributed by atoms with Crippen molar-refractivity contribution in [1.29, 1.82) is 0 Å². The van der Waals surface area contributed by atoms with Gasteiger partial charge in [-0.1, -0.05) is 37.1 Å². The summed E-state index contributed by atoms with van der Waals surface area (Å²) in [7, 11) is 0. The summed E-state index contributed by atoms with van der Waals surface area (Å²) in [4.78, 5) is 2.49.